The number of hydrogen-bond acceptors (Lipinski definition) is 18. The molecule has 3 atom stereocenters. The van der Waals surface area contributed by atoms with E-state index < -0.39 is 18.3 Å². The lowest BCUT2D eigenvalue weighted by atomic mass is 10.1. The second kappa shape index (κ2) is 23.9. The van der Waals surface area contributed by atoms with Crippen molar-refractivity contribution in [2.45, 2.75) is 110 Å². The molecule has 66 heavy (non-hydrogen) atoms. The minimum absolute atomic E-state index is 0.0149. The standard InChI is InChI=1S/C48H62N6O6S6/c1-46(2,3)49-24-31(55)27-58-40(64-43-52-34-16-10-13-19-37(34)61-43)22-30(42(60-29-33(57)26-51-48(7,8)9)66-45-54-36-18-12-15-21-39(36)63-45)23-41(59-28-32(56)25-50-47(4,5)6)65-44-53-35-17-11-14-20-38(35)62-44/h10-23,31-33,49-51,55-57H,24-29H2,1-9H3. The van der Waals surface area contributed by atoms with Gasteiger partial charge in [0.25, 0.3) is 0 Å². The Bertz CT molecular complexity index is 2370. The molecular formula is C48H62N6O6S6. The molecule has 0 saturated carbocycles. The van der Waals surface area contributed by atoms with Crippen LogP contribution in [0.15, 0.2) is 119 Å². The van der Waals surface area contributed by atoms with E-state index in [0.717, 1.165) is 43.7 Å². The molecule has 0 fully saturated rings. The molecule has 6 aromatic rings. The van der Waals surface area contributed by atoms with Crippen molar-refractivity contribution in [3.05, 3.63) is 106 Å². The molecular weight excluding hydrogens is 949 g/mol. The number of benzene rings is 3. The van der Waals surface area contributed by atoms with Crippen LogP contribution < -0.4 is 16.0 Å². The molecule has 0 bridgehead atoms. The van der Waals surface area contributed by atoms with Crippen molar-refractivity contribution < 1.29 is 29.5 Å². The Morgan fingerprint density at radius 3 is 1.17 bits per heavy atom. The van der Waals surface area contributed by atoms with Crippen LogP contribution in [0.5, 0.6) is 0 Å². The van der Waals surface area contributed by atoms with Gasteiger partial charge in [-0.3, -0.25) is 0 Å². The molecule has 356 valence electrons. The molecule has 0 aliphatic rings. The molecule has 6 N–H and O–H groups in total. The van der Waals surface area contributed by atoms with Gasteiger partial charge in [0, 0.05) is 41.8 Å². The number of para-hydroxylation sites is 3. The number of thioether (sulfide) groups is 3. The fourth-order valence-corrected chi connectivity index (χ4v) is 11.7. The molecule has 6 rings (SSSR count). The second-order valence-corrected chi connectivity index (χ2v) is 25.4. The van der Waals surface area contributed by atoms with Gasteiger partial charge in [-0.05, 0) is 146 Å². The third-order valence-corrected chi connectivity index (χ3v) is 15.2. The van der Waals surface area contributed by atoms with Crippen LogP contribution in [0.4, 0.5) is 0 Å². The van der Waals surface area contributed by atoms with Crippen molar-refractivity contribution in [1.82, 2.24) is 30.9 Å². The van der Waals surface area contributed by atoms with Crippen LogP contribution in [-0.4, -0.2) is 105 Å². The molecule has 12 nitrogen and oxygen atoms in total. The molecule has 0 saturated heterocycles. The molecule has 0 aliphatic heterocycles. The predicted octanol–water partition coefficient (Wildman–Crippen LogP) is 10.4. The minimum Gasteiger partial charge on any atom is -0.484 e. The molecule has 3 heterocycles. The monoisotopic (exact) mass is 1010 g/mol. The first-order chi connectivity index (χ1) is 31.2. The summed E-state index contributed by atoms with van der Waals surface area (Å²) in [6.07, 6.45) is 1.19. The van der Waals surface area contributed by atoms with Crippen molar-refractivity contribution in [1.29, 1.82) is 0 Å². The summed E-state index contributed by atoms with van der Waals surface area (Å²) in [6.45, 7) is 19.3. The topological polar surface area (TPSA) is 163 Å². The Hall–Kier alpha value is -3.24. The molecule has 3 aromatic carbocycles. The van der Waals surface area contributed by atoms with Gasteiger partial charge in [-0.15, -0.1) is 34.0 Å². The number of nitrogens with one attached hydrogen (secondary N) is 3. The first kappa shape index (κ1) is 52.1. The van der Waals surface area contributed by atoms with Gasteiger partial charge in [0.05, 0.1) is 30.6 Å². The van der Waals surface area contributed by atoms with Gasteiger partial charge in [-0.1, -0.05) is 36.4 Å². The lowest BCUT2D eigenvalue weighted by Gasteiger charge is -2.24. The first-order valence-electron chi connectivity index (χ1n) is 21.7. The second-order valence-electron chi connectivity index (χ2n) is 18.6. The minimum atomic E-state index is -0.860. The van der Waals surface area contributed by atoms with Crippen LogP contribution in [0.2, 0.25) is 0 Å². The molecule has 0 spiro atoms. The molecule has 0 radical (unpaired) electrons. The zero-order chi connectivity index (χ0) is 47.5. The number of fused-ring (bicyclic) bond motifs is 3. The van der Waals surface area contributed by atoms with Crippen molar-refractivity contribution in [3.63, 3.8) is 0 Å². The highest BCUT2D eigenvalue weighted by Crippen LogP contribution is 2.41. The van der Waals surface area contributed by atoms with Crippen molar-refractivity contribution >= 4 is 99.9 Å². The van der Waals surface area contributed by atoms with Gasteiger partial charge in [-0.25, -0.2) is 15.0 Å². The zero-order valence-electron chi connectivity index (χ0n) is 38.9. The number of allylic oxidation sites excluding steroid dienone is 3. The van der Waals surface area contributed by atoms with E-state index in [0.29, 0.717) is 40.5 Å². The highest BCUT2D eigenvalue weighted by molar-refractivity contribution is 8.05. The van der Waals surface area contributed by atoms with Crippen molar-refractivity contribution in [2.24, 2.45) is 0 Å². The third kappa shape index (κ3) is 17.7. The SMILES string of the molecule is CC(C)(C)NCC(O)COC(=CC(C=C(OCC(O)CNC(C)(C)C)Sc1nc2ccccc2s1)=C(OCC(O)CNC(C)(C)C)Sc1nc2ccccc2s1)Sc1nc2ccccc2s1. The Morgan fingerprint density at radius 2 is 0.833 bits per heavy atom. The average Bonchev–Trinajstić information content (AvgIpc) is 3.98. The molecule has 3 unspecified atom stereocenters. The number of aliphatic hydroxyl groups is 3. The van der Waals surface area contributed by atoms with E-state index in [1.165, 1.54) is 46.6 Å². The zero-order valence-corrected chi connectivity index (χ0v) is 43.8. The summed E-state index contributed by atoms with van der Waals surface area (Å²) in [6, 6.07) is 23.9. The quantitative estimate of drug-likeness (QED) is 0.0204. The maximum atomic E-state index is 11.3. The van der Waals surface area contributed by atoms with Crippen LogP contribution in [0.3, 0.4) is 0 Å². The van der Waals surface area contributed by atoms with Crippen molar-refractivity contribution in [2.75, 3.05) is 39.5 Å². The summed E-state index contributed by atoms with van der Waals surface area (Å²) in [5.74, 6) is 0. The Morgan fingerprint density at radius 1 is 0.515 bits per heavy atom. The molecule has 18 heteroatoms. The Kier molecular flexibility index (Phi) is 18.8. The number of thiazole rings is 3. The fraction of sp³-hybridized carbons (Fsp3) is 0.438. The summed E-state index contributed by atoms with van der Waals surface area (Å²) in [4.78, 5) is 14.8. The summed E-state index contributed by atoms with van der Waals surface area (Å²) in [5, 5.41) is 45.1. The molecule has 0 aliphatic carbocycles. The summed E-state index contributed by atoms with van der Waals surface area (Å²) >= 11 is 8.63. The number of nitrogens with zero attached hydrogens (tertiary/aromatic N) is 3. The Balaban J connectivity index is 1.50. The maximum absolute atomic E-state index is 11.3. The third-order valence-electron chi connectivity index (χ3n) is 9.01. The normalized spacial score (nSPS) is 14.5. The lowest BCUT2D eigenvalue weighted by Crippen LogP contribution is -2.42. The van der Waals surface area contributed by atoms with Crippen LogP contribution in [-0.2, 0) is 14.2 Å². The van der Waals surface area contributed by atoms with Gasteiger partial charge in [0.1, 0.15) is 38.1 Å². The van der Waals surface area contributed by atoms with E-state index in [2.05, 4.69) is 16.0 Å². The van der Waals surface area contributed by atoms with E-state index in [9.17, 15) is 15.3 Å². The highest BCUT2D eigenvalue weighted by Gasteiger charge is 2.22. The van der Waals surface area contributed by atoms with E-state index in [-0.39, 0.29) is 36.4 Å². The number of aromatic nitrogens is 3. The summed E-state index contributed by atoms with van der Waals surface area (Å²) < 4.78 is 25.1. The predicted molar refractivity (Wildman–Crippen MR) is 279 cm³/mol. The van der Waals surface area contributed by atoms with Crippen LogP contribution in [0.25, 0.3) is 30.6 Å². The van der Waals surface area contributed by atoms with E-state index in [4.69, 9.17) is 29.2 Å². The molecule has 3 aromatic heterocycles. The number of β-amino-alcohol motifs (C(OH)–C–C–N with tert-alkyl or cyclic N) is 3. The summed E-state index contributed by atoms with van der Waals surface area (Å²) in [5.41, 5.74) is 2.48. The van der Waals surface area contributed by atoms with Crippen LogP contribution in [0, 0.1) is 0 Å². The number of ether oxygens (including phenoxy) is 3. The molecule has 0 amide bonds. The smallest absolute Gasteiger partial charge is 0.167 e. The average molecular weight is 1010 g/mol. The largest absolute Gasteiger partial charge is 0.484 e. The van der Waals surface area contributed by atoms with Gasteiger partial charge < -0.3 is 45.5 Å². The van der Waals surface area contributed by atoms with Gasteiger partial charge >= 0.3 is 0 Å². The Labute approximate surface area is 413 Å². The van der Waals surface area contributed by atoms with E-state index in [1.54, 1.807) is 22.7 Å². The van der Waals surface area contributed by atoms with E-state index in [1.807, 2.05) is 147 Å². The highest BCUT2D eigenvalue weighted by atomic mass is 32.2. The lowest BCUT2D eigenvalue weighted by molar-refractivity contribution is 0.0730. The first-order valence-corrected chi connectivity index (χ1v) is 26.6. The van der Waals surface area contributed by atoms with Crippen LogP contribution >= 0.6 is 69.3 Å². The van der Waals surface area contributed by atoms with Gasteiger partial charge in [0.15, 0.2) is 28.3 Å². The van der Waals surface area contributed by atoms with Gasteiger partial charge in [0.2, 0.25) is 0 Å². The van der Waals surface area contributed by atoms with Crippen LogP contribution in [0.1, 0.15) is 62.3 Å². The number of aliphatic hydroxyl groups excluding tert-OH is 3. The number of hydrogen-bond donors (Lipinski definition) is 6. The number of rotatable bonds is 23. The van der Waals surface area contributed by atoms with E-state index >= 15 is 0 Å². The maximum Gasteiger partial charge on any atom is 0.167 e. The summed E-state index contributed by atoms with van der Waals surface area (Å²) in [7, 11) is 0. The fourth-order valence-electron chi connectivity index (χ4n) is 5.70. The van der Waals surface area contributed by atoms with Crippen molar-refractivity contribution in [3.8, 4) is 0 Å². The van der Waals surface area contributed by atoms with Gasteiger partial charge in [-0.2, -0.15) is 0 Å².